The van der Waals surface area contributed by atoms with Gasteiger partial charge in [-0.25, -0.2) is 0 Å². The standard InChI is InChI=1S/C16H9N3O3.Na/c17-8-10-1-4-12(5-2-10)19-15(20)14-7-11(9-18)3-6-13(14)16(21)22;/h1-7H,(H,19,20)(H,21,22);/q;+1/p-1. The summed E-state index contributed by atoms with van der Waals surface area (Å²) in [6, 6.07) is 13.5. The van der Waals surface area contributed by atoms with Gasteiger partial charge in [0.15, 0.2) is 0 Å². The Labute approximate surface area is 154 Å². The summed E-state index contributed by atoms with van der Waals surface area (Å²) in [5.41, 5.74) is 0.527. The number of carboxylic acid groups (broad SMARTS) is 1. The van der Waals surface area contributed by atoms with Gasteiger partial charge in [0, 0.05) is 11.3 Å². The fourth-order valence-corrected chi connectivity index (χ4v) is 1.81. The Hall–Kier alpha value is -2.64. The molecule has 0 aliphatic heterocycles. The Balaban J connectivity index is 0.00000264. The molecule has 0 aromatic heterocycles. The number of amides is 1. The van der Waals surface area contributed by atoms with Crippen LogP contribution in [0.2, 0.25) is 0 Å². The molecule has 0 fully saturated rings. The maximum Gasteiger partial charge on any atom is 1.00 e. The van der Waals surface area contributed by atoms with Crippen molar-refractivity contribution in [2.75, 3.05) is 5.32 Å². The van der Waals surface area contributed by atoms with Gasteiger partial charge in [0.1, 0.15) is 0 Å². The summed E-state index contributed by atoms with van der Waals surface area (Å²) in [6.07, 6.45) is 0. The zero-order valence-corrected chi connectivity index (χ0v) is 14.2. The van der Waals surface area contributed by atoms with Crippen molar-refractivity contribution >= 4 is 17.6 Å². The summed E-state index contributed by atoms with van der Waals surface area (Å²) in [4.78, 5) is 23.2. The van der Waals surface area contributed by atoms with E-state index in [1.165, 1.54) is 36.4 Å². The first-order chi connectivity index (χ1) is 10.5. The molecule has 1 amide bonds. The molecule has 6 nitrogen and oxygen atoms in total. The van der Waals surface area contributed by atoms with Crippen molar-refractivity contribution in [1.82, 2.24) is 0 Å². The third-order valence-electron chi connectivity index (χ3n) is 2.89. The molecule has 0 unspecified atom stereocenters. The van der Waals surface area contributed by atoms with Crippen molar-refractivity contribution in [1.29, 1.82) is 10.5 Å². The fraction of sp³-hybridized carbons (Fsp3) is 0. The van der Waals surface area contributed by atoms with Gasteiger partial charge in [-0.2, -0.15) is 10.5 Å². The average Bonchev–Trinajstić information content (AvgIpc) is 2.54. The molecule has 23 heavy (non-hydrogen) atoms. The molecule has 0 bridgehead atoms. The number of nitrogens with zero attached hydrogens (tertiary/aromatic N) is 2. The van der Waals surface area contributed by atoms with Crippen molar-refractivity contribution in [3.63, 3.8) is 0 Å². The molecule has 2 aromatic carbocycles. The Morgan fingerprint density at radius 1 is 0.913 bits per heavy atom. The number of carboxylic acids is 1. The van der Waals surface area contributed by atoms with E-state index < -0.39 is 11.9 Å². The second-order valence-corrected chi connectivity index (χ2v) is 4.30. The molecule has 0 saturated heterocycles. The number of benzene rings is 2. The Kier molecular flexibility index (Phi) is 6.49. The summed E-state index contributed by atoms with van der Waals surface area (Å²) in [6.45, 7) is 0. The van der Waals surface area contributed by atoms with Gasteiger partial charge >= 0.3 is 29.6 Å². The largest absolute Gasteiger partial charge is 1.00 e. The Morgan fingerprint density at radius 3 is 2.00 bits per heavy atom. The first-order valence-electron chi connectivity index (χ1n) is 6.12. The third kappa shape index (κ3) is 4.41. The summed E-state index contributed by atoms with van der Waals surface area (Å²) >= 11 is 0. The van der Waals surface area contributed by atoms with E-state index in [0.29, 0.717) is 11.3 Å². The van der Waals surface area contributed by atoms with Gasteiger partial charge in [-0.1, -0.05) is 6.07 Å². The van der Waals surface area contributed by atoms with Crippen LogP contribution in [0, 0.1) is 22.7 Å². The molecule has 0 aliphatic carbocycles. The summed E-state index contributed by atoms with van der Waals surface area (Å²) in [5, 5.41) is 31.1. The number of carbonyl (C=O) groups is 2. The van der Waals surface area contributed by atoms with E-state index in [4.69, 9.17) is 10.5 Å². The van der Waals surface area contributed by atoms with Gasteiger partial charge in [-0.3, -0.25) is 4.79 Å². The maximum atomic E-state index is 12.2. The van der Waals surface area contributed by atoms with Crippen LogP contribution in [0.5, 0.6) is 0 Å². The van der Waals surface area contributed by atoms with Crippen molar-refractivity contribution in [3.05, 3.63) is 64.7 Å². The molecule has 0 heterocycles. The van der Waals surface area contributed by atoms with Gasteiger partial charge in [0.25, 0.3) is 5.91 Å². The molecule has 7 heteroatoms. The van der Waals surface area contributed by atoms with Crippen LogP contribution < -0.4 is 40.0 Å². The quantitative estimate of drug-likeness (QED) is 0.661. The van der Waals surface area contributed by atoms with Crippen molar-refractivity contribution < 1.29 is 44.3 Å². The maximum absolute atomic E-state index is 12.2. The Morgan fingerprint density at radius 2 is 1.48 bits per heavy atom. The molecule has 0 aliphatic rings. The van der Waals surface area contributed by atoms with Crippen LogP contribution in [0.25, 0.3) is 0 Å². The van der Waals surface area contributed by atoms with Crippen LogP contribution in [-0.2, 0) is 0 Å². The van der Waals surface area contributed by atoms with Crippen LogP contribution in [0.1, 0.15) is 31.8 Å². The minimum Gasteiger partial charge on any atom is -0.545 e. The van der Waals surface area contributed by atoms with Crippen LogP contribution in [-0.4, -0.2) is 11.9 Å². The van der Waals surface area contributed by atoms with Crippen LogP contribution in [0.4, 0.5) is 5.69 Å². The molecular weight excluding hydrogens is 305 g/mol. The summed E-state index contributed by atoms with van der Waals surface area (Å²) < 4.78 is 0. The smallest absolute Gasteiger partial charge is 0.545 e. The van der Waals surface area contributed by atoms with E-state index in [2.05, 4.69) is 5.32 Å². The second-order valence-electron chi connectivity index (χ2n) is 4.30. The number of hydrogen-bond acceptors (Lipinski definition) is 5. The number of nitrogens with one attached hydrogen (secondary N) is 1. The zero-order valence-electron chi connectivity index (χ0n) is 12.2. The van der Waals surface area contributed by atoms with Crippen LogP contribution in [0.3, 0.4) is 0 Å². The number of nitriles is 2. The third-order valence-corrected chi connectivity index (χ3v) is 2.89. The van der Waals surface area contributed by atoms with Crippen LogP contribution >= 0.6 is 0 Å². The van der Waals surface area contributed by atoms with E-state index in [9.17, 15) is 14.7 Å². The molecule has 2 rings (SSSR count). The Bertz CT molecular complexity index is 833. The van der Waals surface area contributed by atoms with Gasteiger partial charge in [-0.05, 0) is 36.4 Å². The molecule has 0 radical (unpaired) electrons. The fourth-order valence-electron chi connectivity index (χ4n) is 1.81. The average molecular weight is 313 g/mol. The molecule has 1 N–H and O–H groups in total. The number of hydrogen-bond donors (Lipinski definition) is 1. The molecule has 106 valence electrons. The zero-order chi connectivity index (χ0) is 16.1. The number of anilines is 1. The molecule has 0 saturated carbocycles. The van der Waals surface area contributed by atoms with E-state index in [1.807, 2.05) is 12.1 Å². The van der Waals surface area contributed by atoms with E-state index in [1.54, 1.807) is 0 Å². The molecule has 2 aromatic rings. The predicted octanol–water partition coefficient (Wildman–Crippen LogP) is -1.95. The van der Waals surface area contributed by atoms with E-state index in [-0.39, 0.29) is 46.2 Å². The first-order valence-corrected chi connectivity index (χ1v) is 6.12. The van der Waals surface area contributed by atoms with Crippen molar-refractivity contribution in [2.24, 2.45) is 0 Å². The van der Waals surface area contributed by atoms with E-state index in [0.717, 1.165) is 6.07 Å². The molecular formula is C16H8N3NaO3. The second kappa shape index (κ2) is 8.11. The van der Waals surface area contributed by atoms with Gasteiger partial charge in [0.2, 0.25) is 0 Å². The minimum absolute atomic E-state index is 0. The number of rotatable bonds is 3. The van der Waals surface area contributed by atoms with Crippen molar-refractivity contribution in [3.8, 4) is 12.1 Å². The monoisotopic (exact) mass is 313 g/mol. The normalized spacial score (nSPS) is 8.96. The SMILES string of the molecule is N#Cc1ccc(NC(=O)c2cc(C#N)ccc2C(=O)[O-])cc1.[Na+]. The predicted molar refractivity (Wildman–Crippen MR) is 74.6 cm³/mol. The van der Waals surface area contributed by atoms with E-state index >= 15 is 0 Å². The van der Waals surface area contributed by atoms with Gasteiger partial charge in [-0.15, -0.1) is 0 Å². The number of aromatic carboxylic acids is 1. The first kappa shape index (κ1) is 18.4. The molecule has 0 spiro atoms. The summed E-state index contributed by atoms with van der Waals surface area (Å²) in [5.74, 6) is -2.18. The van der Waals surface area contributed by atoms with Crippen molar-refractivity contribution in [2.45, 2.75) is 0 Å². The minimum atomic E-state index is -1.51. The van der Waals surface area contributed by atoms with Crippen LogP contribution in [0.15, 0.2) is 42.5 Å². The summed E-state index contributed by atoms with van der Waals surface area (Å²) in [7, 11) is 0. The number of carbonyl (C=O) groups excluding carboxylic acids is 2. The topological polar surface area (TPSA) is 117 Å². The van der Waals surface area contributed by atoms with Gasteiger partial charge < -0.3 is 15.2 Å². The van der Waals surface area contributed by atoms with Gasteiger partial charge in [0.05, 0.1) is 34.8 Å². The molecule has 0 atom stereocenters.